The van der Waals surface area contributed by atoms with Crippen LogP contribution >= 0.6 is 0 Å². The summed E-state index contributed by atoms with van der Waals surface area (Å²) in [6.07, 6.45) is 3.33. The summed E-state index contributed by atoms with van der Waals surface area (Å²) < 4.78 is 5.03. The molecule has 0 aliphatic carbocycles. The molecule has 0 spiro atoms. The SMILES string of the molecule is COCCCCCNc1nc(C(C)C)nc(NN)c1C. The van der Waals surface area contributed by atoms with E-state index >= 15 is 0 Å². The molecule has 6 heteroatoms. The van der Waals surface area contributed by atoms with Gasteiger partial charge < -0.3 is 15.5 Å². The lowest BCUT2D eigenvalue weighted by atomic mass is 10.2. The van der Waals surface area contributed by atoms with E-state index in [9.17, 15) is 0 Å². The van der Waals surface area contributed by atoms with Crippen LogP contribution in [-0.4, -0.2) is 30.2 Å². The molecule has 0 amide bonds. The van der Waals surface area contributed by atoms with Crippen molar-refractivity contribution in [2.24, 2.45) is 5.84 Å². The van der Waals surface area contributed by atoms with Crippen LogP contribution in [0, 0.1) is 6.92 Å². The van der Waals surface area contributed by atoms with Gasteiger partial charge in [0.2, 0.25) is 0 Å². The van der Waals surface area contributed by atoms with E-state index in [0.29, 0.717) is 5.82 Å². The number of anilines is 2. The Labute approximate surface area is 121 Å². The van der Waals surface area contributed by atoms with Gasteiger partial charge in [0.05, 0.1) is 0 Å². The number of hydrogen-bond donors (Lipinski definition) is 3. The van der Waals surface area contributed by atoms with Crippen LogP contribution in [0.3, 0.4) is 0 Å². The zero-order chi connectivity index (χ0) is 15.0. The van der Waals surface area contributed by atoms with E-state index in [0.717, 1.165) is 49.6 Å². The summed E-state index contributed by atoms with van der Waals surface area (Å²) in [6, 6.07) is 0. The maximum atomic E-state index is 5.52. The maximum absolute atomic E-state index is 5.52. The van der Waals surface area contributed by atoms with Crippen molar-refractivity contribution in [1.29, 1.82) is 0 Å². The second-order valence-electron chi connectivity index (χ2n) is 5.18. The highest BCUT2D eigenvalue weighted by Gasteiger charge is 2.12. The Morgan fingerprint density at radius 2 is 1.85 bits per heavy atom. The molecule has 20 heavy (non-hydrogen) atoms. The summed E-state index contributed by atoms with van der Waals surface area (Å²) in [5.41, 5.74) is 3.59. The molecule has 0 aromatic carbocycles. The average molecular weight is 281 g/mol. The summed E-state index contributed by atoms with van der Waals surface area (Å²) in [5.74, 6) is 8.13. The van der Waals surface area contributed by atoms with E-state index in [1.54, 1.807) is 7.11 Å². The first-order chi connectivity index (χ1) is 9.60. The van der Waals surface area contributed by atoms with E-state index in [2.05, 4.69) is 34.6 Å². The van der Waals surface area contributed by atoms with Crippen molar-refractivity contribution < 1.29 is 4.74 Å². The normalized spacial score (nSPS) is 10.9. The highest BCUT2D eigenvalue weighted by molar-refractivity contribution is 5.56. The molecule has 6 nitrogen and oxygen atoms in total. The molecule has 0 aliphatic heterocycles. The molecule has 1 heterocycles. The van der Waals surface area contributed by atoms with Crippen LogP contribution in [-0.2, 0) is 4.74 Å². The molecule has 4 N–H and O–H groups in total. The molecule has 0 saturated heterocycles. The Kier molecular flexibility index (Phi) is 7.25. The highest BCUT2D eigenvalue weighted by Crippen LogP contribution is 2.22. The molecule has 1 aromatic rings. The summed E-state index contributed by atoms with van der Waals surface area (Å²) >= 11 is 0. The zero-order valence-corrected chi connectivity index (χ0v) is 13.0. The predicted molar refractivity (Wildman–Crippen MR) is 82.9 cm³/mol. The molecule has 0 radical (unpaired) electrons. The minimum Gasteiger partial charge on any atom is -0.385 e. The van der Waals surface area contributed by atoms with Crippen molar-refractivity contribution in [3.05, 3.63) is 11.4 Å². The van der Waals surface area contributed by atoms with Gasteiger partial charge in [0.15, 0.2) is 0 Å². The van der Waals surface area contributed by atoms with E-state index < -0.39 is 0 Å². The van der Waals surface area contributed by atoms with Gasteiger partial charge in [0, 0.05) is 31.7 Å². The van der Waals surface area contributed by atoms with Gasteiger partial charge in [-0.25, -0.2) is 15.8 Å². The van der Waals surface area contributed by atoms with Crippen molar-refractivity contribution in [2.75, 3.05) is 31.0 Å². The summed E-state index contributed by atoms with van der Waals surface area (Å²) in [5, 5.41) is 3.37. The van der Waals surface area contributed by atoms with Crippen molar-refractivity contribution >= 4 is 11.6 Å². The topological polar surface area (TPSA) is 85.1 Å². The number of nitrogens with zero attached hydrogens (tertiary/aromatic N) is 2. The van der Waals surface area contributed by atoms with Gasteiger partial charge in [0.25, 0.3) is 0 Å². The second-order valence-corrected chi connectivity index (χ2v) is 5.18. The molecule has 114 valence electrons. The first kappa shape index (κ1) is 16.7. The monoisotopic (exact) mass is 281 g/mol. The van der Waals surface area contributed by atoms with E-state index in [1.165, 1.54) is 0 Å². The minimum absolute atomic E-state index is 0.268. The van der Waals surface area contributed by atoms with Crippen molar-refractivity contribution in [3.63, 3.8) is 0 Å². The first-order valence-corrected chi connectivity index (χ1v) is 7.18. The first-order valence-electron chi connectivity index (χ1n) is 7.18. The van der Waals surface area contributed by atoms with Gasteiger partial charge in [-0.2, -0.15) is 0 Å². The van der Waals surface area contributed by atoms with E-state index in [1.807, 2.05) is 6.92 Å². The van der Waals surface area contributed by atoms with Crippen molar-refractivity contribution in [2.45, 2.75) is 46.0 Å². The fraction of sp³-hybridized carbons (Fsp3) is 0.714. The molecule has 0 atom stereocenters. The van der Waals surface area contributed by atoms with Crippen LogP contribution in [0.1, 0.15) is 50.4 Å². The smallest absolute Gasteiger partial charge is 0.148 e. The molecule has 1 aromatic heterocycles. The van der Waals surface area contributed by atoms with Crippen LogP contribution in [0.2, 0.25) is 0 Å². The number of hydrogen-bond acceptors (Lipinski definition) is 6. The number of nitrogens with one attached hydrogen (secondary N) is 2. The number of nitrogen functional groups attached to an aromatic ring is 1. The number of unbranched alkanes of at least 4 members (excludes halogenated alkanes) is 2. The fourth-order valence-electron chi connectivity index (χ4n) is 1.86. The third kappa shape index (κ3) is 4.94. The molecule has 0 unspecified atom stereocenters. The molecule has 0 bridgehead atoms. The molecular weight excluding hydrogens is 254 g/mol. The Morgan fingerprint density at radius 3 is 2.45 bits per heavy atom. The summed E-state index contributed by atoms with van der Waals surface area (Å²) in [7, 11) is 1.73. The number of ether oxygens (including phenoxy) is 1. The number of nitrogens with two attached hydrogens (primary N) is 1. The summed E-state index contributed by atoms with van der Waals surface area (Å²) in [4.78, 5) is 8.99. The van der Waals surface area contributed by atoms with Gasteiger partial charge in [0.1, 0.15) is 17.5 Å². The van der Waals surface area contributed by atoms with Gasteiger partial charge in [-0.05, 0) is 26.2 Å². The van der Waals surface area contributed by atoms with Gasteiger partial charge in [-0.15, -0.1) is 0 Å². The number of methoxy groups -OCH3 is 1. The standard InChI is InChI=1S/C14H27N5O/c1-10(2)12-17-13(11(3)14(18-12)19-15)16-8-6-5-7-9-20-4/h10H,5-9,15H2,1-4H3,(H2,16,17,18,19). The molecular formula is C14H27N5O. The Hall–Kier alpha value is -1.40. The van der Waals surface area contributed by atoms with Crippen LogP contribution in [0.15, 0.2) is 0 Å². The molecule has 0 fully saturated rings. The summed E-state index contributed by atoms with van der Waals surface area (Å²) in [6.45, 7) is 7.82. The van der Waals surface area contributed by atoms with E-state index in [-0.39, 0.29) is 5.92 Å². The lowest BCUT2D eigenvalue weighted by Gasteiger charge is -2.15. The Balaban J connectivity index is 2.61. The lowest BCUT2D eigenvalue weighted by molar-refractivity contribution is 0.192. The minimum atomic E-state index is 0.268. The van der Waals surface area contributed by atoms with Crippen LogP contribution in [0.4, 0.5) is 11.6 Å². The van der Waals surface area contributed by atoms with Gasteiger partial charge >= 0.3 is 0 Å². The fourth-order valence-corrected chi connectivity index (χ4v) is 1.86. The second kappa shape index (κ2) is 8.71. The number of hydrazine groups is 1. The maximum Gasteiger partial charge on any atom is 0.148 e. The van der Waals surface area contributed by atoms with Crippen LogP contribution in [0.5, 0.6) is 0 Å². The number of aromatic nitrogens is 2. The van der Waals surface area contributed by atoms with Gasteiger partial charge in [-0.1, -0.05) is 13.8 Å². The lowest BCUT2D eigenvalue weighted by Crippen LogP contribution is -2.16. The van der Waals surface area contributed by atoms with Gasteiger partial charge in [-0.3, -0.25) is 0 Å². The van der Waals surface area contributed by atoms with Crippen LogP contribution in [0.25, 0.3) is 0 Å². The quantitative estimate of drug-likeness (QED) is 0.366. The molecule has 0 aliphatic rings. The molecule has 0 saturated carbocycles. The molecule has 1 rings (SSSR count). The van der Waals surface area contributed by atoms with E-state index in [4.69, 9.17) is 10.6 Å². The van der Waals surface area contributed by atoms with Crippen molar-refractivity contribution in [3.8, 4) is 0 Å². The largest absolute Gasteiger partial charge is 0.385 e. The third-order valence-electron chi connectivity index (χ3n) is 3.13. The third-order valence-corrected chi connectivity index (χ3v) is 3.13. The Morgan fingerprint density at radius 1 is 1.15 bits per heavy atom. The highest BCUT2D eigenvalue weighted by atomic mass is 16.5. The van der Waals surface area contributed by atoms with Crippen LogP contribution < -0.4 is 16.6 Å². The number of rotatable bonds is 9. The Bertz CT molecular complexity index is 409. The van der Waals surface area contributed by atoms with Crippen molar-refractivity contribution in [1.82, 2.24) is 9.97 Å². The predicted octanol–water partition coefficient (Wildman–Crippen LogP) is 2.42. The average Bonchev–Trinajstić information content (AvgIpc) is 2.44. The zero-order valence-electron chi connectivity index (χ0n) is 13.0.